The highest BCUT2D eigenvalue weighted by Gasteiger charge is 2.05. The van der Waals surface area contributed by atoms with Gasteiger partial charge in [0.25, 0.3) is 0 Å². The molecule has 1 unspecified atom stereocenters. The van der Waals surface area contributed by atoms with E-state index in [-0.39, 0.29) is 0 Å². The third-order valence-electron chi connectivity index (χ3n) is 1.98. The van der Waals surface area contributed by atoms with Crippen molar-refractivity contribution in [3.05, 3.63) is 35.5 Å². The summed E-state index contributed by atoms with van der Waals surface area (Å²) in [6.45, 7) is 0. The van der Waals surface area contributed by atoms with E-state index in [4.69, 9.17) is 11.6 Å². The molecule has 15 heavy (non-hydrogen) atoms. The Kier molecular flexibility index (Phi) is 2.88. The molecule has 0 aliphatic carbocycles. The molecule has 1 aromatic carbocycles. The molecule has 1 aromatic heterocycles. The molecule has 1 N–H and O–H groups in total. The second kappa shape index (κ2) is 4.16. The fourth-order valence-corrected chi connectivity index (χ4v) is 1.77. The van der Waals surface area contributed by atoms with E-state index < -0.39 is 10.8 Å². The average molecular weight is 241 g/mol. The molecule has 2 rings (SSSR count). The lowest BCUT2D eigenvalue weighted by Gasteiger charge is -1.96. The fraction of sp³-hybridized carbons (Fsp3) is 0.100. The van der Waals surface area contributed by atoms with E-state index in [1.807, 2.05) is 12.1 Å². The summed E-state index contributed by atoms with van der Waals surface area (Å²) in [6.07, 6.45) is 3.19. The van der Waals surface area contributed by atoms with E-state index in [9.17, 15) is 4.21 Å². The Morgan fingerprint density at radius 2 is 2.00 bits per heavy atom. The molecule has 2 aromatic rings. The number of halogens is 1. The van der Waals surface area contributed by atoms with Gasteiger partial charge in [-0.15, -0.1) is 0 Å². The quantitative estimate of drug-likeness (QED) is 0.877. The molecule has 0 amide bonds. The molecular weight excluding hydrogens is 232 g/mol. The van der Waals surface area contributed by atoms with Crippen LogP contribution in [-0.2, 0) is 10.8 Å². The molecule has 5 heteroatoms. The monoisotopic (exact) mass is 240 g/mol. The van der Waals surface area contributed by atoms with Gasteiger partial charge >= 0.3 is 0 Å². The van der Waals surface area contributed by atoms with Crippen LogP contribution in [0, 0.1) is 0 Å². The van der Waals surface area contributed by atoms with Crippen molar-refractivity contribution in [1.82, 2.24) is 9.97 Å². The summed E-state index contributed by atoms with van der Waals surface area (Å²) in [5.41, 5.74) is 0.927. The van der Waals surface area contributed by atoms with Crippen molar-refractivity contribution in [3.8, 4) is 11.4 Å². The third kappa shape index (κ3) is 2.27. The maximum Gasteiger partial charge on any atom is 0.138 e. The third-order valence-corrected chi connectivity index (χ3v) is 3.06. The topological polar surface area (TPSA) is 45.8 Å². The van der Waals surface area contributed by atoms with Crippen LogP contribution in [0.2, 0.25) is 5.02 Å². The summed E-state index contributed by atoms with van der Waals surface area (Å²) >= 11 is 5.78. The van der Waals surface area contributed by atoms with Crippen molar-refractivity contribution in [2.45, 2.75) is 5.03 Å². The predicted octanol–water partition coefficient (Wildman–Crippen LogP) is 2.47. The summed E-state index contributed by atoms with van der Waals surface area (Å²) in [4.78, 5) is 7.14. The first kappa shape index (κ1) is 10.4. The molecule has 3 nitrogen and oxygen atoms in total. The molecule has 0 fully saturated rings. The molecule has 0 saturated carbocycles. The minimum Gasteiger partial charge on any atom is -0.331 e. The lowest BCUT2D eigenvalue weighted by Crippen LogP contribution is -1.86. The van der Waals surface area contributed by atoms with E-state index in [0.717, 1.165) is 5.56 Å². The summed E-state index contributed by atoms with van der Waals surface area (Å²) in [5, 5.41) is 1.31. The zero-order valence-corrected chi connectivity index (χ0v) is 9.60. The van der Waals surface area contributed by atoms with Gasteiger partial charge in [-0.2, -0.15) is 0 Å². The number of aromatic nitrogens is 2. The Morgan fingerprint density at radius 3 is 2.53 bits per heavy atom. The van der Waals surface area contributed by atoms with Crippen LogP contribution in [0.1, 0.15) is 0 Å². The summed E-state index contributed by atoms with van der Waals surface area (Å²) < 4.78 is 11.2. The molecule has 1 heterocycles. The van der Waals surface area contributed by atoms with Gasteiger partial charge in [0.15, 0.2) is 0 Å². The predicted molar refractivity (Wildman–Crippen MR) is 61.4 cm³/mol. The van der Waals surface area contributed by atoms with Crippen molar-refractivity contribution < 1.29 is 4.21 Å². The number of rotatable bonds is 2. The SMILES string of the molecule is CS(=O)c1cnc(-c2ccc(Cl)cc2)[nH]1. The fourth-order valence-electron chi connectivity index (χ4n) is 1.20. The Hall–Kier alpha value is -1.13. The largest absolute Gasteiger partial charge is 0.331 e. The van der Waals surface area contributed by atoms with E-state index in [0.29, 0.717) is 15.9 Å². The van der Waals surface area contributed by atoms with Crippen LogP contribution in [0.15, 0.2) is 35.5 Å². The molecule has 0 radical (unpaired) electrons. The number of imidazole rings is 1. The van der Waals surface area contributed by atoms with Crippen molar-refractivity contribution in [3.63, 3.8) is 0 Å². The highest BCUT2D eigenvalue weighted by atomic mass is 35.5. The summed E-state index contributed by atoms with van der Waals surface area (Å²) in [6, 6.07) is 7.32. The van der Waals surface area contributed by atoms with Crippen LogP contribution in [0.4, 0.5) is 0 Å². The van der Waals surface area contributed by atoms with Crippen molar-refractivity contribution in [2.24, 2.45) is 0 Å². The zero-order valence-electron chi connectivity index (χ0n) is 8.03. The van der Waals surface area contributed by atoms with E-state index in [1.54, 1.807) is 24.6 Å². The minimum atomic E-state index is -1.03. The van der Waals surface area contributed by atoms with Gasteiger partial charge in [-0.3, -0.25) is 4.21 Å². The number of aromatic amines is 1. The lowest BCUT2D eigenvalue weighted by atomic mass is 10.2. The Bertz CT molecular complexity index is 492. The standard InChI is InChI=1S/C10H9ClN2OS/c1-15(14)9-6-12-10(13-9)7-2-4-8(11)5-3-7/h2-6H,1H3,(H,12,13). The van der Waals surface area contributed by atoms with Gasteiger partial charge in [-0.1, -0.05) is 11.6 Å². The second-order valence-electron chi connectivity index (χ2n) is 3.06. The molecule has 1 atom stereocenters. The number of benzene rings is 1. The van der Waals surface area contributed by atoms with Gasteiger partial charge in [-0.05, 0) is 24.3 Å². The first-order chi connectivity index (χ1) is 7.16. The molecule has 0 aliphatic heterocycles. The smallest absolute Gasteiger partial charge is 0.138 e. The molecule has 0 spiro atoms. The van der Waals surface area contributed by atoms with Crippen LogP contribution in [0.3, 0.4) is 0 Å². The second-order valence-corrected chi connectivity index (χ2v) is 4.84. The number of hydrogen-bond acceptors (Lipinski definition) is 2. The highest BCUT2D eigenvalue weighted by Crippen LogP contribution is 2.19. The number of hydrogen-bond donors (Lipinski definition) is 1. The number of H-pyrrole nitrogens is 1. The number of nitrogens with zero attached hydrogens (tertiary/aromatic N) is 1. The van der Waals surface area contributed by atoms with Crippen LogP contribution in [-0.4, -0.2) is 20.4 Å². The van der Waals surface area contributed by atoms with Gasteiger partial charge in [0, 0.05) is 16.8 Å². The van der Waals surface area contributed by atoms with E-state index in [1.165, 1.54) is 0 Å². The average Bonchev–Trinajstić information content (AvgIpc) is 2.68. The van der Waals surface area contributed by atoms with Crippen LogP contribution < -0.4 is 0 Å². The van der Waals surface area contributed by atoms with Gasteiger partial charge in [0.2, 0.25) is 0 Å². The van der Waals surface area contributed by atoms with Gasteiger partial charge in [0.1, 0.15) is 10.9 Å². The minimum absolute atomic E-state index is 0.625. The van der Waals surface area contributed by atoms with Gasteiger partial charge in [0.05, 0.1) is 17.0 Å². The van der Waals surface area contributed by atoms with Crippen LogP contribution in [0.25, 0.3) is 11.4 Å². The molecular formula is C10H9ClN2OS. The van der Waals surface area contributed by atoms with Crippen LogP contribution in [0.5, 0.6) is 0 Å². The normalized spacial score (nSPS) is 12.7. The summed E-state index contributed by atoms with van der Waals surface area (Å²) in [7, 11) is -1.03. The molecule has 0 saturated heterocycles. The lowest BCUT2D eigenvalue weighted by molar-refractivity contribution is 0.684. The Balaban J connectivity index is 2.37. The highest BCUT2D eigenvalue weighted by molar-refractivity contribution is 7.84. The van der Waals surface area contributed by atoms with E-state index in [2.05, 4.69) is 9.97 Å². The zero-order chi connectivity index (χ0) is 10.8. The van der Waals surface area contributed by atoms with Crippen molar-refractivity contribution >= 4 is 22.4 Å². The first-order valence-electron chi connectivity index (χ1n) is 4.31. The molecule has 0 bridgehead atoms. The molecule has 0 aliphatic rings. The Labute approximate surface area is 95.0 Å². The van der Waals surface area contributed by atoms with Gasteiger partial charge in [-0.25, -0.2) is 4.98 Å². The Morgan fingerprint density at radius 1 is 1.33 bits per heavy atom. The summed E-state index contributed by atoms with van der Waals surface area (Å²) in [5.74, 6) is 0.705. The van der Waals surface area contributed by atoms with E-state index >= 15 is 0 Å². The maximum atomic E-state index is 11.2. The first-order valence-corrected chi connectivity index (χ1v) is 6.25. The molecule has 78 valence electrons. The van der Waals surface area contributed by atoms with Gasteiger partial charge < -0.3 is 4.98 Å². The van der Waals surface area contributed by atoms with Crippen LogP contribution >= 0.6 is 11.6 Å². The van der Waals surface area contributed by atoms with Crippen molar-refractivity contribution in [2.75, 3.05) is 6.26 Å². The maximum absolute atomic E-state index is 11.2. The number of nitrogens with one attached hydrogen (secondary N) is 1. The van der Waals surface area contributed by atoms with Crippen molar-refractivity contribution in [1.29, 1.82) is 0 Å².